The Bertz CT molecular complexity index is 533. The van der Waals surface area contributed by atoms with Crippen molar-refractivity contribution in [2.75, 3.05) is 0 Å². The average molecular weight is 241 g/mol. The van der Waals surface area contributed by atoms with E-state index in [-0.39, 0.29) is 5.69 Å². The highest BCUT2D eigenvalue weighted by atomic mass is 32.1. The molecule has 2 N–H and O–H groups in total. The normalized spacial score (nSPS) is 10.7. The summed E-state index contributed by atoms with van der Waals surface area (Å²) < 4.78 is 1.97. The molecule has 2 aromatic rings. The van der Waals surface area contributed by atoms with Crippen LogP contribution in [0.15, 0.2) is 16.2 Å². The highest BCUT2D eigenvalue weighted by Crippen LogP contribution is 2.17. The van der Waals surface area contributed by atoms with Gasteiger partial charge in [0.15, 0.2) is 4.77 Å². The van der Waals surface area contributed by atoms with Crippen LogP contribution < -0.4 is 5.69 Å². The molecule has 0 aliphatic heterocycles. The van der Waals surface area contributed by atoms with E-state index in [2.05, 4.69) is 23.2 Å². The van der Waals surface area contributed by atoms with E-state index >= 15 is 0 Å². The van der Waals surface area contributed by atoms with Crippen molar-refractivity contribution in [3.63, 3.8) is 0 Å². The number of nitrogens with one attached hydrogen (secondary N) is 2. The van der Waals surface area contributed by atoms with Crippen LogP contribution in [-0.4, -0.2) is 14.8 Å². The molecule has 0 unspecified atom stereocenters. The third kappa shape index (κ3) is 1.95. The maximum atomic E-state index is 11.4. The first-order valence-electron chi connectivity index (χ1n) is 4.65. The van der Waals surface area contributed by atoms with Crippen molar-refractivity contribution >= 4 is 23.6 Å². The molecular formula is C9H11N3OS2. The Hall–Kier alpha value is -1.14. The van der Waals surface area contributed by atoms with E-state index in [1.165, 1.54) is 15.0 Å². The molecule has 0 fully saturated rings. The lowest BCUT2D eigenvalue weighted by Gasteiger charge is -2.00. The minimum atomic E-state index is -0.185. The lowest BCUT2D eigenvalue weighted by molar-refractivity contribution is 0.755. The van der Waals surface area contributed by atoms with Crippen LogP contribution in [-0.2, 0) is 13.0 Å². The van der Waals surface area contributed by atoms with Gasteiger partial charge in [-0.3, -0.25) is 9.67 Å². The van der Waals surface area contributed by atoms with Gasteiger partial charge in [-0.05, 0) is 35.6 Å². The molecule has 0 amide bonds. The van der Waals surface area contributed by atoms with E-state index in [0.29, 0.717) is 11.3 Å². The van der Waals surface area contributed by atoms with E-state index < -0.39 is 0 Å². The van der Waals surface area contributed by atoms with Gasteiger partial charge in [-0.2, -0.15) is 0 Å². The van der Waals surface area contributed by atoms with Crippen LogP contribution in [0.2, 0.25) is 0 Å². The van der Waals surface area contributed by atoms with Gasteiger partial charge in [0.25, 0.3) is 0 Å². The van der Waals surface area contributed by atoms with Crippen molar-refractivity contribution in [1.82, 2.24) is 14.8 Å². The molecule has 0 aliphatic carbocycles. The van der Waals surface area contributed by atoms with Crippen LogP contribution in [0.3, 0.4) is 0 Å². The van der Waals surface area contributed by atoms with E-state index in [9.17, 15) is 4.79 Å². The molecule has 0 saturated carbocycles. The lowest BCUT2D eigenvalue weighted by atomic mass is 10.2. The predicted octanol–water partition coefficient (Wildman–Crippen LogP) is 1.91. The molecule has 0 atom stereocenters. The largest absolute Gasteiger partial charge is 0.342 e. The molecule has 2 heterocycles. The highest BCUT2D eigenvalue weighted by molar-refractivity contribution is 7.71. The molecular weight excluding hydrogens is 230 g/mol. The van der Waals surface area contributed by atoms with Gasteiger partial charge in [0.05, 0.1) is 6.54 Å². The van der Waals surface area contributed by atoms with Crippen molar-refractivity contribution in [3.8, 4) is 0 Å². The maximum absolute atomic E-state index is 11.4. The fourth-order valence-corrected chi connectivity index (χ4v) is 2.60. The van der Waals surface area contributed by atoms with Crippen molar-refractivity contribution in [2.24, 2.45) is 0 Å². The molecule has 0 radical (unpaired) electrons. The Morgan fingerprint density at radius 2 is 2.33 bits per heavy atom. The van der Waals surface area contributed by atoms with Crippen LogP contribution in [0.25, 0.3) is 0 Å². The minimum absolute atomic E-state index is 0.185. The Labute approximate surface area is 95.6 Å². The summed E-state index contributed by atoms with van der Waals surface area (Å²) in [6.07, 6.45) is 0.981. The van der Waals surface area contributed by atoms with Gasteiger partial charge in [-0.25, -0.2) is 9.89 Å². The minimum Gasteiger partial charge on any atom is -0.272 e. The molecule has 2 rings (SSSR count). The molecule has 2 aromatic heterocycles. The number of rotatable bonds is 3. The van der Waals surface area contributed by atoms with Gasteiger partial charge in [0, 0.05) is 4.88 Å². The standard InChI is InChI=1S/C9H11N3OS2/c1-2-6-3-4-15-7(6)5-12-8(13)10-11-9(12)14/h3-4H,2,5H2,1H3,(H,10,13)(H,11,14). The van der Waals surface area contributed by atoms with Crippen LogP contribution in [0.1, 0.15) is 17.4 Å². The third-order valence-electron chi connectivity index (χ3n) is 2.29. The number of aromatic amines is 2. The molecule has 0 aromatic carbocycles. The second kappa shape index (κ2) is 4.16. The Balaban J connectivity index is 2.37. The van der Waals surface area contributed by atoms with Gasteiger partial charge in [-0.15, -0.1) is 11.3 Å². The second-order valence-electron chi connectivity index (χ2n) is 3.17. The number of nitrogens with zero attached hydrogens (tertiary/aromatic N) is 1. The van der Waals surface area contributed by atoms with Gasteiger partial charge >= 0.3 is 5.69 Å². The Morgan fingerprint density at radius 1 is 1.53 bits per heavy atom. The van der Waals surface area contributed by atoms with Crippen LogP contribution >= 0.6 is 23.6 Å². The Kier molecular flexibility index (Phi) is 2.88. The summed E-state index contributed by atoms with van der Waals surface area (Å²) in [4.78, 5) is 12.6. The molecule has 0 aliphatic rings. The second-order valence-corrected chi connectivity index (χ2v) is 4.56. The number of thiophene rings is 1. The number of aryl methyl sites for hydroxylation is 1. The van der Waals surface area contributed by atoms with Gasteiger partial charge in [0.2, 0.25) is 0 Å². The quantitative estimate of drug-likeness (QED) is 0.806. The first-order chi connectivity index (χ1) is 7.22. The van der Waals surface area contributed by atoms with Crippen LogP contribution in [0.5, 0.6) is 0 Å². The third-order valence-corrected chi connectivity index (χ3v) is 3.56. The summed E-state index contributed by atoms with van der Waals surface area (Å²) >= 11 is 6.66. The first-order valence-corrected chi connectivity index (χ1v) is 5.94. The van der Waals surface area contributed by atoms with Crippen LogP contribution in [0, 0.1) is 4.77 Å². The summed E-state index contributed by atoms with van der Waals surface area (Å²) in [5.74, 6) is 0. The summed E-state index contributed by atoms with van der Waals surface area (Å²) in [5, 5.41) is 7.14. The van der Waals surface area contributed by atoms with Gasteiger partial charge in [0.1, 0.15) is 0 Å². The first kappa shape index (κ1) is 10.4. The molecule has 80 valence electrons. The van der Waals surface area contributed by atoms with Crippen LogP contribution in [0.4, 0.5) is 0 Å². The molecule has 15 heavy (non-hydrogen) atoms. The van der Waals surface area contributed by atoms with E-state index in [1.807, 2.05) is 5.38 Å². The monoisotopic (exact) mass is 241 g/mol. The molecule has 0 saturated heterocycles. The SMILES string of the molecule is CCc1ccsc1Cn1c(=O)[nH][nH]c1=S. The highest BCUT2D eigenvalue weighted by Gasteiger charge is 2.06. The number of hydrogen-bond donors (Lipinski definition) is 2. The van der Waals surface area contributed by atoms with E-state index in [1.54, 1.807) is 11.3 Å². The molecule has 4 nitrogen and oxygen atoms in total. The number of hydrogen-bond acceptors (Lipinski definition) is 3. The van der Waals surface area contributed by atoms with Crippen molar-refractivity contribution in [3.05, 3.63) is 37.1 Å². The lowest BCUT2D eigenvalue weighted by Crippen LogP contribution is -2.17. The zero-order chi connectivity index (χ0) is 10.8. The van der Waals surface area contributed by atoms with Crippen molar-refractivity contribution < 1.29 is 0 Å². The fourth-order valence-electron chi connectivity index (χ4n) is 1.44. The van der Waals surface area contributed by atoms with Gasteiger partial charge < -0.3 is 0 Å². The van der Waals surface area contributed by atoms with Gasteiger partial charge in [-0.1, -0.05) is 6.92 Å². The number of H-pyrrole nitrogens is 2. The summed E-state index contributed by atoms with van der Waals surface area (Å²) in [7, 11) is 0. The molecule has 0 spiro atoms. The molecule has 6 heteroatoms. The zero-order valence-electron chi connectivity index (χ0n) is 8.24. The topological polar surface area (TPSA) is 53.6 Å². The summed E-state index contributed by atoms with van der Waals surface area (Å²) in [5.41, 5.74) is 1.10. The van der Waals surface area contributed by atoms with E-state index in [4.69, 9.17) is 12.2 Å². The predicted molar refractivity (Wildman–Crippen MR) is 63.0 cm³/mol. The summed E-state index contributed by atoms with van der Waals surface area (Å²) in [6.45, 7) is 2.66. The average Bonchev–Trinajstić information content (AvgIpc) is 2.79. The molecule has 0 bridgehead atoms. The smallest absolute Gasteiger partial charge is 0.272 e. The van der Waals surface area contributed by atoms with E-state index in [0.717, 1.165) is 6.42 Å². The summed E-state index contributed by atoms with van der Waals surface area (Å²) in [6, 6.07) is 2.09. The van der Waals surface area contributed by atoms with Crippen molar-refractivity contribution in [2.45, 2.75) is 19.9 Å². The maximum Gasteiger partial charge on any atom is 0.342 e. The Morgan fingerprint density at radius 3 is 2.93 bits per heavy atom. The van der Waals surface area contributed by atoms with Crippen molar-refractivity contribution in [1.29, 1.82) is 0 Å². The number of aromatic nitrogens is 3. The fraction of sp³-hybridized carbons (Fsp3) is 0.333. The zero-order valence-corrected chi connectivity index (χ0v) is 9.87.